The summed E-state index contributed by atoms with van der Waals surface area (Å²) < 4.78 is 0. The first-order valence-electron chi connectivity index (χ1n) is 7.30. The Bertz CT molecular complexity index is 646. The zero-order valence-corrected chi connectivity index (χ0v) is 13.4. The molecular formula is C18H21NS. The highest BCUT2D eigenvalue weighted by molar-refractivity contribution is 7.99. The summed E-state index contributed by atoms with van der Waals surface area (Å²) in [6.45, 7) is 9.90. The van der Waals surface area contributed by atoms with Gasteiger partial charge in [-0.3, -0.25) is 0 Å². The maximum atomic E-state index is 2.44. The molecule has 2 aromatic rings. The first-order chi connectivity index (χ1) is 9.60. The molecule has 0 unspecified atom stereocenters. The van der Waals surface area contributed by atoms with E-state index in [4.69, 9.17) is 0 Å². The third kappa shape index (κ3) is 2.22. The molecule has 0 aromatic heterocycles. The van der Waals surface area contributed by atoms with Gasteiger partial charge in [0.1, 0.15) is 0 Å². The maximum absolute atomic E-state index is 2.44. The SMILES string of the molecule is CCN1c2ccc(C)cc2Sc2ccc(C(C)C)cc21. The van der Waals surface area contributed by atoms with Crippen molar-refractivity contribution in [3.63, 3.8) is 0 Å². The quantitative estimate of drug-likeness (QED) is 0.691. The minimum Gasteiger partial charge on any atom is -0.340 e. The van der Waals surface area contributed by atoms with Crippen molar-refractivity contribution in [1.29, 1.82) is 0 Å². The van der Waals surface area contributed by atoms with Crippen molar-refractivity contribution in [1.82, 2.24) is 0 Å². The molecule has 1 aliphatic heterocycles. The van der Waals surface area contributed by atoms with Gasteiger partial charge >= 0.3 is 0 Å². The smallest absolute Gasteiger partial charge is 0.0555 e. The van der Waals surface area contributed by atoms with Gasteiger partial charge in [0.15, 0.2) is 0 Å². The van der Waals surface area contributed by atoms with Crippen LogP contribution < -0.4 is 4.90 Å². The van der Waals surface area contributed by atoms with Crippen LogP contribution in [0, 0.1) is 6.92 Å². The minimum atomic E-state index is 0.573. The minimum absolute atomic E-state index is 0.573. The summed E-state index contributed by atoms with van der Waals surface area (Å²) in [5.74, 6) is 0.573. The Kier molecular flexibility index (Phi) is 3.51. The highest BCUT2D eigenvalue weighted by Gasteiger charge is 2.22. The van der Waals surface area contributed by atoms with Crippen molar-refractivity contribution in [2.75, 3.05) is 11.4 Å². The second-order valence-electron chi connectivity index (χ2n) is 5.70. The number of nitrogens with zero attached hydrogens (tertiary/aromatic N) is 1. The Hall–Kier alpha value is -1.41. The molecule has 1 nitrogen and oxygen atoms in total. The topological polar surface area (TPSA) is 3.24 Å². The van der Waals surface area contributed by atoms with Crippen LogP contribution in [0.1, 0.15) is 37.8 Å². The van der Waals surface area contributed by atoms with Gasteiger partial charge in [0.05, 0.1) is 11.4 Å². The summed E-state index contributed by atoms with van der Waals surface area (Å²) in [7, 11) is 0. The molecule has 0 fully saturated rings. The second kappa shape index (κ2) is 5.17. The van der Waals surface area contributed by atoms with Gasteiger partial charge in [0, 0.05) is 16.3 Å². The van der Waals surface area contributed by atoms with E-state index >= 15 is 0 Å². The summed E-state index contributed by atoms with van der Waals surface area (Å²) in [6.07, 6.45) is 0. The van der Waals surface area contributed by atoms with E-state index < -0.39 is 0 Å². The van der Waals surface area contributed by atoms with E-state index in [1.807, 2.05) is 11.8 Å². The van der Waals surface area contributed by atoms with Crippen molar-refractivity contribution >= 4 is 23.1 Å². The molecule has 0 aliphatic carbocycles. The van der Waals surface area contributed by atoms with E-state index in [2.05, 4.69) is 69.0 Å². The fraction of sp³-hybridized carbons (Fsp3) is 0.333. The first kappa shape index (κ1) is 13.6. The Morgan fingerprint density at radius 3 is 2.50 bits per heavy atom. The number of rotatable bonds is 2. The van der Waals surface area contributed by atoms with Crippen LogP contribution in [0.25, 0.3) is 0 Å². The van der Waals surface area contributed by atoms with Crippen LogP contribution in [0.4, 0.5) is 11.4 Å². The fourth-order valence-electron chi connectivity index (χ4n) is 2.71. The van der Waals surface area contributed by atoms with Crippen molar-refractivity contribution in [2.45, 2.75) is 43.4 Å². The normalized spacial score (nSPS) is 13.3. The highest BCUT2D eigenvalue weighted by Crippen LogP contribution is 2.48. The molecule has 20 heavy (non-hydrogen) atoms. The molecule has 1 heterocycles. The van der Waals surface area contributed by atoms with Crippen LogP contribution in [0.15, 0.2) is 46.2 Å². The molecule has 0 amide bonds. The Morgan fingerprint density at radius 1 is 1.00 bits per heavy atom. The summed E-state index contributed by atoms with van der Waals surface area (Å²) in [4.78, 5) is 5.18. The molecule has 0 atom stereocenters. The van der Waals surface area contributed by atoms with Crippen molar-refractivity contribution < 1.29 is 0 Å². The Morgan fingerprint density at radius 2 is 1.80 bits per heavy atom. The van der Waals surface area contributed by atoms with Crippen LogP contribution in [0.5, 0.6) is 0 Å². The predicted molar refractivity (Wildman–Crippen MR) is 88.5 cm³/mol. The van der Waals surface area contributed by atoms with Crippen molar-refractivity contribution in [3.05, 3.63) is 47.5 Å². The molecule has 104 valence electrons. The summed E-state index contributed by atoms with van der Waals surface area (Å²) in [6, 6.07) is 13.7. The van der Waals surface area contributed by atoms with Gasteiger partial charge in [0.2, 0.25) is 0 Å². The van der Waals surface area contributed by atoms with E-state index in [9.17, 15) is 0 Å². The zero-order valence-electron chi connectivity index (χ0n) is 12.6. The van der Waals surface area contributed by atoms with E-state index in [1.165, 1.54) is 32.3 Å². The molecule has 0 radical (unpaired) electrons. The standard InChI is InChI=1S/C18H21NS/c1-5-19-15-8-6-13(4)10-18(15)20-17-9-7-14(12(2)3)11-16(17)19/h6-12H,5H2,1-4H3. The average molecular weight is 283 g/mol. The van der Waals surface area contributed by atoms with Gasteiger partial charge in [-0.1, -0.05) is 37.7 Å². The molecule has 1 aliphatic rings. The largest absolute Gasteiger partial charge is 0.340 e. The van der Waals surface area contributed by atoms with Crippen molar-refractivity contribution in [3.8, 4) is 0 Å². The van der Waals surface area contributed by atoms with Crippen LogP contribution >= 0.6 is 11.8 Å². The first-order valence-corrected chi connectivity index (χ1v) is 8.11. The lowest BCUT2D eigenvalue weighted by atomic mass is 10.0. The summed E-state index contributed by atoms with van der Waals surface area (Å²) in [5, 5.41) is 0. The van der Waals surface area contributed by atoms with Crippen LogP contribution in [0.3, 0.4) is 0 Å². The molecule has 2 aromatic carbocycles. The number of hydrogen-bond donors (Lipinski definition) is 0. The van der Waals surface area contributed by atoms with Gasteiger partial charge in [-0.05, 0) is 55.2 Å². The van der Waals surface area contributed by atoms with Gasteiger partial charge in [-0.15, -0.1) is 0 Å². The maximum Gasteiger partial charge on any atom is 0.0555 e. The van der Waals surface area contributed by atoms with Crippen LogP contribution in [0.2, 0.25) is 0 Å². The third-order valence-electron chi connectivity index (χ3n) is 3.88. The lowest BCUT2D eigenvalue weighted by molar-refractivity contribution is 0.860. The summed E-state index contributed by atoms with van der Waals surface area (Å²) >= 11 is 1.89. The molecule has 2 heteroatoms. The predicted octanol–water partition coefficient (Wildman–Crippen LogP) is 5.74. The molecule has 0 saturated carbocycles. The highest BCUT2D eigenvalue weighted by atomic mass is 32.2. The zero-order chi connectivity index (χ0) is 14.3. The number of anilines is 2. The van der Waals surface area contributed by atoms with E-state index in [-0.39, 0.29) is 0 Å². The number of aryl methyl sites for hydroxylation is 1. The van der Waals surface area contributed by atoms with E-state index in [0.29, 0.717) is 5.92 Å². The molecular weight excluding hydrogens is 262 g/mol. The van der Waals surface area contributed by atoms with Crippen LogP contribution in [-0.4, -0.2) is 6.54 Å². The third-order valence-corrected chi connectivity index (χ3v) is 4.99. The second-order valence-corrected chi connectivity index (χ2v) is 6.78. The van der Waals surface area contributed by atoms with Gasteiger partial charge in [0.25, 0.3) is 0 Å². The molecule has 0 spiro atoms. The number of benzene rings is 2. The Labute approximate surface area is 126 Å². The lowest BCUT2D eigenvalue weighted by Crippen LogP contribution is -2.20. The Balaban J connectivity index is 2.13. The van der Waals surface area contributed by atoms with E-state index in [0.717, 1.165) is 6.54 Å². The van der Waals surface area contributed by atoms with Gasteiger partial charge < -0.3 is 4.90 Å². The molecule has 0 bridgehead atoms. The summed E-state index contributed by atoms with van der Waals surface area (Å²) in [5.41, 5.74) is 5.45. The van der Waals surface area contributed by atoms with Crippen LogP contribution in [-0.2, 0) is 0 Å². The molecule has 0 N–H and O–H groups in total. The lowest BCUT2D eigenvalue weighted by Gasteiger charge is -2.32. The van der Waals surface area contributed by atoms with Gasteiger partial charge in [-0.2, -0.15) is 0 Å². The molecule has 0 saturated heterocycles. The number of hydrogen-bond acceptors (Lipinski definition) is 2. The van der Waals surface area contributed by atoms with Gasteiger partial charge in [-0.25, -0.2) is 0 Å². The molecule has 3 rings (SSSR count). The number of fused-ring (bicyclic) bond motifs is 2. The van der Waals surface area contributed by atoms with E-state index in [1.54, 1.807) is 0 Å². The average Bonchev–Trinajstić information content (AvgIpc) is 2.43. The fourth-order valence-corrected chi connectivity index (χ4v) is 3.88. The monoisotopic (exact) mass is 283 g/mol. The van der Waals surface area contributed by atoms with Crippen molar-refractivity contribution in [2.24, 2.45) is 0 Å².